The molecule has 5 nitrogen and oxygen atoms in total. The van der Waals surface area contributed by atoms with Gasteiger partial charge in [0.15, 0.2) is 5.16 Å². The van der Waals surface area contributed by atoms with Crippen molar-refractivity contribution in [3.8, 4) is 0 Å². The summed E-state index contributed by atoms with van der Waals surface area (Å²) >= 11 is 1.71. The Morgan fingerprint density at radius 3 is 2.89 bits per heavy atom. The van der Waals surface area contributed by atoms with Crippen LogP contribution in [0.3, 0.4) is 0 Å². The van der Waals surface area contributed by atoms with E-state index in [9.17, 15) is 4.79 Å². The number of thioether (sulfide) groups is 1. The van der Waals surface area contributed by atoms with Gasteiger partial charge >= 0.3 is 0 Å². The summed E-state index contributed by atoms with van der Waals surface area (Å²) in [6.45, 7) is 0.912. The largest absolute Gasteiger partial charge is 0.294 e. The number of rotatable bonds is 2. The van der Waals surface area contributed by atoms with Gasteiger partial charge in [0.05, 0.1) is 0 Å². The normalized spacial score (nSPS) is 20.4. The van der Waals surface area contributed by atoms with Crippen molar-refractivity contribution in [2.45, 2.75) is 50.2 Å². The third-order valence-corrected chi connectivity index (χ3v) is 4.74. The number of carbonyl (C=O) groups is 1. The van der Waals surface area contributed by atoms with Crippen LogP contribution in [0.25, 0.3) is 0 Å². The summed E-state index contributed by atoms with van der Waals surface area (Å²) in [5.41, 5.74) is 0. The highest BCUT2D eigenvalue weighted by Crippen LogP contribution is 2.27. The smallest absolute Gasteiger partial charge is 0.231 e. The van der Waals surface area contributed by atoms with Crippen molar-refractivity contribution < 1.29 is 4.79 Å². The van der Waals surface area contributed by atoms with Crippen molar-refractivity contribution in [3.05, 3.63) is 0 Å². The van der Waals surface area contributed by atoms with E-state index >= 15 is 0 Å². The van der Waals surface area contributed by atoms with Crippen LogP contribution in [0.4, 0.5) is 5.95 Å². The summed E-state index contributed by atoms with van der Waals surface area (Å²) in [6, 6.07) is 0. The molecule has 0 spiro atoms. The van der Waals surface area contributed by atoms with Crippen molar-refractivity contribution >= 4 is 23.6 Å². The number of hydrogen-bond donors (Lipinski definition) is 1. The Labute approximate surface area is 111 Å². The molecule has 1 aliphatic carbocycles. The average molecular weight is 266 g/mol. The minimum Gasteiger partial charge on any atom is -0.294 e. The molecule has 98 valence electrons. The Balaban J connectivity index is 1.68. The Bertz CT molecular complexity index is 439. The maximum absolute atomic E-state index is 12.2. The molecular formula is C12H18N4OS. The first-order valence-electron chi connectivity index (χ1n) is 6.71. The zero-order valence-electron chi connectivity index (χ0n) is 10.4. The van der Waals surface area contributed by atoms with Crippen LogP contribution in [0.5, 0.6) is 0 Å². The third kappa shape index (κ3) is 2.39. The fourth-order valence-electron chi connectivity index (χ4n) is 2.65. The first-order valence-corrected chi connectivity index (χ1v) is 7.70. The van der Waals surface area contributed by atoms with Crippen molar-refractivity contribution in [3.63, 3.8) is 0 Å². The molecule has 1 saturated carbocycles. The fraction of sp³-hybridized carbons (Fsp3) is 0.750. The number of carbonyl (C=O) groups excluding carboxylic acids is 1. The number of fused-ring (bicyclic) bond motifs is 1. The van der Waals surface area contributed by atoms with E-state index in [1.807, 2.05) is 4.57 Å². The zero-order valence-corrected chi connectivity index (χ0v) is 11.2. The minimum absolute atomic E-state index is 0.125. The van der Waals surface area contributed by atoms with E-state index in [0.29, 0.717) is 5.95 Å². The monoisotopic (exact) mass is 266 g/mol. The predicted molar refractivity (Wildman–Crippen MR) is 70.6 cm³/mol. The van der Waals surface area contributed by atoms with Crippen LogP contribution in [0.2, 0.25) is 0 Å². The van der Waals surface area contributed by atoms with Crippen molar-refractivity contribution in [2.75, 3.05) is 11.1 Å². The predicted octanol–water partition coefficient (Wildman–Crippen LogP) is 2.29. The first kappa shape index (κ1) is 12.0. The Morgan fingerprint density at radius 2 is 2.06 bits per heavy atom. The van der Waals surface area contributed by atoms with Crippen LogP contribution in [0.15, 0.2) is 5.16 Å². The standard InChI is InChI=1S/C12H18N4OS/c17-10(9-5-2-1-3-6-9)13-11-14-15-12-16(11)7-4-8-18-12/h9H,1-8H2,(H,13,14,17). The second kappa shape index (κ2) is 5.30. The van der Waals surface area contributed by atoms with E-state index in [2.05, 4.69) is 15.5 Å². The van der Waals surface area contributed by atoms with Gasteiger partial charge in [0, 0.05) is 18.2 Å². The summed E-state index contributed by atoms with van der Waals surface area (Å²) < 4.78 is 2.02. The molecule has 1 aromatic heterocycles. The summed E-state index contributed by atoms with van der Waals surface area (Å²) in [5.74, 6) is 2.02. The van der Waals surface area contributed by atoms with E-state index in [-0.39, 0.29) is 11.8 Å². The summed E-state index contributed by atoms with van der Waals surface area (Å²) in [7, 11) is 0. The van der Waals surface area contributed by atoms with Crippen molar-refractivity contribution in [1.29, 1.82) is 0 Å². The minimum atomic E-state index is 0.125. The quantitative estimate of drug-likeness (QED) is 0.892. The first-order chi connectivity index (χ1) is 8.84. The molecule has 2 heterocycles. The zero-order chi connectivity index (χ0) is 12.4. The Hall–Kier alpha value is -1.04. The molecule has 0 saturated heterocycles. The molecular weight excluding hydrogens is 248 g/mol. The second-order valence-electron chi connectivity index (χ2n) is 4.98. The van der Waals surface area contributed by atoms with Gasteiger partial charge in [-0.3, -0.25) is 14.7 Å². The summed E-state index contributed by atoms with van der Waals surface area (Å²) in [4.78, 5) is 12.2. The SMILES string of the molecule is O=C(Nc1nnc2n1CCCS2)C1CCCCC1. The molecule has 3 rings (SSSR count). The van der Waals surface area contributed by atoms with E-state index in [0.717, 1.165) is 36.7 Å². The van der Waals surface area contributed by atoms with Crippen molar-refractivity contribution in [2.24, 2.45) is 5.92 Å². The van der Waals surface area contributed by atoms with Gasteiger partial charge in [0.25, 0.3) is 0 Å². The number of amides is 1. The lowest BCUT2D eigenvalue weighted by molar-refractivity contribution is -0.120. The van der Waals surface area contributed by atoms with Gasteiger partial charge in [0.2, 0.25) is 11.9 Å². The van der Waals surface area contributed by atoms with Crippen LogP contribution < -0.4 is 5.32 Å². The van der Waals surface area contributed by atoms with Gasteiger partial charge in [-0.25, -0.2) is 0 Å². The molecule has 0 atom stereocenters. The molecule has 1 aliphatic heterocycles. The van der Waals surface area contributed by atoms with Gasteiger partial charge in [0.1, 0.15) is 0 Å². The molecule has 18 heavy (non-hydrogen) atoms. The van der Waals surface area contributed by atoms with Gasteiger partial charge in [-0.2, -0.15) is 0 Å². The van der Waals surface area contributed by atoms with Crippen LogP contribution in [0.1, 0.15) is 38.5 Å². The van der Waals surface area contributed by atoms with Gasteiger partial charge < -0.3 is 0 Å². The highest BCUT2D eigenvalue weighted by atomic mass is 32.2. The van der Waals surface area contributed by atoms with E-state index in [1.54, 1.807) is 11.8 Å². The third-order valence-electron chi connectivity index (χ3n) is 3.69. The van der Waals surface area contributed by atoms with Crippen LogP contribution in [-0.4, -0.2) is 26.4 Å². The van der Waals surface area contributed by atoms with Gasteiger partial charge in [-0.15, -0.1) is 10.2 Å². The lowest BCUT2D eigenvalue weighted by Gasteiger charge is -2.21. The maximum Gasteiger partial charge on any atom is 0.231 e. The van der Waals surface area contributed by atoms with Crippen molar-refractivity contribution in [1.82, 2.24) is 14.8 Å². The number of anilines is 1. The maximum atomic E-state index is 12.2. The number of nitrogens with one attached hydrogen (secondary N) is 1. The molecule has 1 aromatic rings. The highest BCUT2D eigenvalue weighted by molar-refractivity contribution is 7.99. The van der Waals surface area contributed by atoms with Crippen LogP contribution in [0, 0.1) is 5.92 Å². The number of aromatic nitrogens is 3. The molecule has 0 aromatic carbocycles. The van der Waals surface area contributed by atoms with Crippen LogP contribution >= 0.6 is 11.8 Å². The fourth-order valence-corrected chi connectivity index (χ4v) is 3.54. The number of nitrogens with zero attached hydrogens (tertiary/aromatic N) is 3. The van der Waals surface area contributed by atoms with E-state index < -0.39 is 0 Å². The average Bonchev–Trinajstić information content (AvgIpc) is 2.83. The van der Waals surface area contributed by atoms with E-state index in [1.165, 1.54) is 19.3 Å². The van der Waals surface area contributed by atoms with E-state index in [4.69, 9.17) is 0 Å². The van der Waals surface area contributed by atoms with Gasteiger partial charge in [-0.05, 0) is 19.3 Å². The summed E-state index contributed by atoms with van der Waals surface area (Å²) in [6.07, 6.45) is 6.75. The molecule has 1 amide bonds. The molecule has 0 radical (unpaired) electrons. The molecule has 0 bridgehead atoms. The van der Waals surface area contributed by atoms with Crippen LogP contribution in [-0.2, 0) is 11.3 Å². The molecule has 0 unspecified atom stereocenters. The molecule has 2 aliphatic rings. The Morgan fingerprint density at radius 1 is 1.22 bits per heavy atom. The lowest BCUT2D eigenvalue weighted by Crippen LogP contribution is -2.26. The highest BCUT2D eigenvalue weighted by Gasteiger charge is 2.24. The molecule has 1 N–H and O–H groups in total. The topological polar surface area (TPSA) is 59.8 Å². The second-order valence-corrected chi connectivity index (χ2v) is 6.05. The molecule has 1 fully saturated rings. The number of hydrogen-bond acceptors (Lipinski definition) is 4. The van der Waals surface area contributed by atoms with Gasteiger partial charge in [-0.1, -0.05) is 31.0 Å². The molecule has 6 heteroatoms. The summed E-state index contributed by atoms with van der Waals surface area (Å²) in [5, 5.41) is 12.1. The Kier molecular flexibility index (Phi) is 3.54. The lowest BCUT2D eigenvalue weighted by atomic mass is 9.89.